The van der Waals surface area contributed by atoms with E-state index >= 15 is 0 Å². The van der Waals surface area contributed by atoms with Crippen molar-refractivity contribution >= 4 is 13.9 Å². The first-order valence-electron chi connectivity index (χ1n) is 8.21. The topological polar surface area (TPSA) is 0 Å². The van der Waals surface area contributed by atoms with E-state index in [2.05, 4.69) is 30.3 Å². The molecule has 0 aliphatic heterocycles. The van der Waals surface area contributed by atoms with Gasteiger partial charge in [0.25, 0.3) is 0 Å². The lowest BCUT2D eigenvalue weighted by Crippen LogP contribution is -2.07. The van der Waals surface area contributed by atoms with Crippen LogP contribution in [0.25, 0.3) is 0 Å². The van der Waals surface area contributed by atoms with E-state index in [-0.39, 0.29) is 0 Å². The van der Waals surface area contributed by atoms with Crippen molar-refractivity contribution in [1.29, 1.82) is 0 Å². The van der Waals surface area contributed by atoms with Crippen molar-refractivity contribution in [1.82, 2.24) is 0 Å². The molecule has 1 aromatic carbocycles. The van der Waals surface area contributed by atoms with Crippen LogP contribution in [0.3, 0.4) is 0 Å². The highest BCUT2D eigenvalue weighted by molar-refractivity contribution is 7.48. The van der Waals surface area contributed by atoms with Crippen molar-refractivity contribution in [2.75, 3.05) is 0 Å². The lowest BCUT2D eigenvalue weighted by atomic mass is 10.0. The van der Waals surface area contributed by atoms with Crippen LogP contribution in [0.5, 0.6) is 0 Å². The summed E-state index contributed by atoms with van der Waals surface area (Å²) < 4.78 is 0. The molecule has 105 valence electrons. The van der Waals surface area contributed by atoms with Gasteiger partial charge in [-0.05, 0) is 32.4 Å². The van der Waals surface area contributed by atoms with E-state index in [4.69, 9.17) is 0 Å². The Bertz CT molecular complexity index is 308. The van der Waals surface area contributed by atoms with Gasteiger partial charge < -0.3 is 0 Å². The molecule has 0 nitrogen and oxygen atoms in total. The number of hydrogen-bond acceptors (Lipinski definition) is 0. The van der Waals surface area contributed by atoms with E-state index in [1.54, 1.807) is 8.58 Å². The highest BCUT2D eigenvalue weighted by Gasteiger charge is 2.11. The minimum atomic E-state index is 0.904. The number of benzene rings is 1. The second-order valence-corrected chi connectivity index (χ2v) is 7.38. The molecule has 0 bridgehead atoms. The second kappa shape index (κ2) is 9.54. The summed E-state index contributed by atoms with van der Waals surface area (Å²) in [5, 5.41) is 1.51. The van der Waals surface area contributed by atoms with Gasteiger partial charge in [0.1, 0.15) is 0 Å². The van der Waals surface area contributed by atoms with Crippen LogP contribution in [0.1, 0.15) is 70.6 Å². The Hall–Kier alpha value is -0.350. The molecule has 1 fully saturated rings. The van der Waals surface area contributed by atoms with Crippen LogP contribution < -0.4 is 5.30 Å². The van der Waals surface area contributed by atoms with Crippen LogP contribution >= 0.6 is 8.58 Å². The van der Waals surface area contributed by atoms with Crippen LogP contribution in [0.15, 0.2) is 30.3 Å². The maximum absolute atomic E-state index is 2.29. The van der Waals surface area contributed by atoms with Gasteiger partial charge in [0.05, 0.1) is 0 Å². The first kappa shape index (κ1) is 15.0. The average Bonchev–Trinajstić information content (AvgIpc) is 2.43. The quantitative estimate of drug-likeness (QED) is 0.587. The molecule has 1 radical (unpaired) electrons. The highest BCUT2D eigenvalue weighted by Crippen LogP contribution is 2.29. The summed E-state index contributed by atoms with van der Waals surface area (Å²) in [7, 11) is 1.58. The van der Waals surface area contributed by atoms with E-state index in [9.17, 15) is 0 Å². The summed E-state index contributed by atoms with van der Waals surface area (Å²) in [4.78, 5) is 0. The zero-order chi connectivity index (χ0) is 13.2. The molecule has 0 saturated heterocycles. The van der Waals surface area contributed by atoms with Gasteiger partial charge in [-0.2, -0.15) is 0 Å². The lowest BCUT2D eigenvalue weighted by molar-refractivity contribution is 0.509. The molecule has 2 rings (SSSR count). The van der Waals surface area contributed by atoms with E-state index in [1.807, 2.05) is 0 Å². The smallest absolute Gasteiger partial charge is 0.0127 e. The SMILES string of the molecule is c1ccc([P]C2CCCCCCCCCCC2)cc1. The second-order valence-electron chi connectivity index (χ2n) is 5.88. The molecule has 0 heterocycles. The van der Waals surface area contributed by atoms with E-state index in [0.29, 0.717) is 0 Å². The van der Waals surface area contributed by atoms with Crippen LogP contribution in [0, 0.1) is 0 Å². The summed E-state index contributed by atoms with van der Waals surface area (Å²) in [6, 6.07) is 11.1. The van der Waals surface area contributed by atoms with Crippen LogP contribution in [-0.2, 0) is 0 Å². The molecule has 1 aliphatic rings. The van der Waals surface area contributed by atoms with Crippen molar-refractivity contribution in [3.63, 3.8) is 0 Å². The third-order valence-electron chi connectivity index (χ3n) is 4.16. The fraction of sp³-hybridized carbons (Fsp3) is 0.667. The predicted octanol–water partition coefficient (Wildman–Crippen LogP) is 5.93. The normalized spacial score (nSPS) is 21.1. The maximum atomic E-state index is 2.29. The maximum Gasteiger partial charge on any atom is -0.0127 e. The van der Waals surface area contributed by atoms with Gasteiger partial charge in [0.15, 0.2) is 0 Å². The fourth-order valence-electron chi connectivity index (χ4n) is 3.00. The fourth-order valence-corrected chi connectivity index (χ4v) is 4.38. The first-order chi connectivity index (χ1) is 9.45. The van der Waals surface area contributed by atoms with Gasteiger partial charge in [-0.3, -0.25) is 0 Å². The summed E-state index contributed by atoms with van der Waals surface area (Å²) >= 11 is 0. The molecule has 0 atom stereocenters. The van der Waals surface area contributed by atoms with Gasteiger partial charge in [-0.25, -0.2) is 0 Å². The van der Waals surface area contributed by atoms with Crippen molar-refractivity contribution in [2.24, 2.45) is 0 Å². The van der Waals surface area contributed by atoms with Gasteiger partial charge in [-0.1, -0.05) is 88.1 Å². The molecular weight excluding hydrogens is 247 g/mol. The molecule has 1 aromatic rings. The molecule has 1 aliphatic carbocycles. The average molecular weight is 275 g/mol. The van der Waals surface area contributed by atoms with Gasteiger partial charge in [0, 0.05) is 0 Å². The summed E-state index contributed by atoms with van der Waals surface area (Å²) in [5.74, 6) is 0. The van der Waals surface area contributed by atoms with Gasteiger partial charge >= 0.3 is 0 Å². The van der Waals surface area contributed by atoms with Crippen molar-refractivity contribution < 1.29 is 0 Å². The first-order valence-corrected chi connectivity index (χ1v) is 9.17. The van der Waals surface area contributed by atoms with E-state index in [1.165, 1.54) is 75.9 Å². The van der Waals surface area contributed by atoms with Gasteiger partial charge in [0.2, 0.25) is 0 Å². The highest BCUT2D eigenvalue weighted by atomic mass is 31.1. The third kappa shape index (κ3) is 6.57. The molecule has 0 amide bonds. The molecule has 1 heteroatoms. The minimum absolute atomic E-state index is 0.904. The zero-order valence-electron chi connectivity index (χ0n) is 12.2. The minimum Gasteiger partial charge on any atom is -0.0622 e. The molecule has 1 saturated carbocycles. The van der Waals surface area contributed by atoms with Crippen LogP contribution in [0.4, 0.5) is 0 Å². The van der Waals surface area contributed by atoms with Crippen molar-refractivity contribution in [3.05, 3.63) is 30.3 Å². The number of rotatable bonds is 2. The monoisotopic (exact) mass is 275 g/mol. The predicted molar refractivity (Wildman–Crippen MR) is 87.6 cm³/mol. The van der Waals surface area contributed by atoms with Crippen LogP contribution in [0.2, 0.25) is 0 Å². The Morgan fingerprint density at radius 3 is 1.63 bits per heavy atom. The third-order valence-corrected chi connectivity index (χ3v) is 5.64. The standard InChI is InChI=1S/C18H28P/c1-2-4-6-9-13-17(14-10-7-5-3-1)19-18-15-11-8-12-16-18/h8,11-12,15-17H,1-7,9-10,13-14H2. The summed E-state index contributed by atoms with van der Waals surface area (Å²) in [5.41, 5.74) is 0.904. The summed E-state index contributed by atoms with van der Waals surface area (Å²) in [6.07, 6.45) is 16.1. The van der Waals surface area contributed by atoms with Crippen LogP contribution in [-0.4, -0.2) is 5.66 Å². The van der Waals surface area contributed by atoms with Crippen molar-refractivity contribution in [3.8, 4) is 0 Å². The Labute approximate surface area is 121 Å². The number of hydrogen-bond donors (Lipinski definition) is 0. The molecule has 0 spiro atoms. The van der Waals surface area contributed by atoms with E-state index in [0.717, 1.165) is 5.66 Å². The largest absolute Gasteiger partial charge is 0.0622 e. The lowest BCUT2D eigenvalue weighted by Gasteiger charge is -2.17. The van der Waals surface area contributed by atoms with Gasteiger partial charge in [-0.15, -0.1) is 0 Å². The molecule has 19 heavy (non-hydrogen) atoms. The van der Waals surface area contributed by atoms with Crippen molar-refractivity contribution in [2.45, 2.75) is 76.3 Å². The Kier molecular flexibility index (Phi) is 7.55. The van der Waals surface area contributed by atoms with E-state index < -0.39 is 0 Å². The Morgan fingerprint density at radius 1 is 0.632 bits per heavy atom. The molecular formula is C18H28P. The Morgan fingerprint density at radius 2 is 1.11 bits per heavy atom. The molecule has 0 unspecified atom stereocenters. The Balaban J connectivity index is 1.81. The summed E-state index contributed by atoms with van der Waals surface area (Å²) in [6.45, 7) is 0. The molecule has 0 N–H and O–H groups in total. The molecule has 0 aromatic heterocycles. The zero-order valence-corrected chi connectivity index (χ0v) is 13.1.